The second kappa shape index (κ2) is 5.59. The van der Waals surface area contributed by atoms with Crippen LogP contribution in [0.25, 0.3) is 0 Å². The summed E-state index contributed by atoms with van der Waals surface area (Å²) in [7, 11) is 0. The molecule has 102 valence electrons. The van der Waals surface area contributed by atoms with Crippen LogP contribution in [0, 0.1) is 0 Å². The molecule has 2 N–H and O–H groups in total. The normalized spacial score (nSPS) is 16.4. The largest absolute Gasteiger partial charge is 0.318 e. The van der Waals surface area contributed by atoms with Crippen molar-refractivity contribution in [1.82, 2.24) is 0 Å². The smallest absolute Gasteiger partial charge is 0.184 e. The lowest BCUT2D eigenvalue weighted by Gasteiger charge is -2.28. The van der Waals surface area contributed by atoms with Crippen LogP contribution in [0.5, 0.6) is 0 Å². The van der Waals surface area contributed by atoms with E-state index in [4.69, 9.17) is 5.73 Å². The quantitative estimate of drug-likeness (QED) is 0.854. The number of Topliss-reactive ketones (excluding diaryl/α,β-unsaturated/α-hetero) is 1. The van der Waals surface area contributed by atoms with Gasteiger partial charge in [0.05, 0.1) is 6.04 Å². The third-order valence-electron chi connectivity index (χ3n) is 4.21. The number of hydrogen-bond acceptors (Lipinski definition) is 2. The molecule has 1 fully saturated rings. The van der Waals surface area contributed by atoms with Gasteiger partial charge in [-0.3, -0.25) is 4.79 Å². The van der Waals surface area contributed by atoms with E-state index < -0.39 is 6.04 Å². The van der Waals surface area contributed by atoms with Gasteiger partial charge in [0.15, 0.2) is 5.78 Å². The van der Waals surface area contributed by atoms with E-state index in [1.54, 1.807) is 0 Å². The van der Waals surface area contributed by atoms with E-state index in [0.29, 0.717) is 5.92 Å². The molecule has 2 heteroatoms. The van der Waals surface area contributed by atoms with Gasteiger partial charge in [0.2, 0.25) is 0 Å². The van der Waals surface area contributed by atoms with Crippen LogP contribution in [0.4, 0.5) is 0 Å². The van der Waals surface area contributed by atoms with Crippen LogP contribution >= 0.6 is 0 Å². The van der Waals surface area contributed by atoms with E-state index in [-0.39, 0.29) is 5.78 Å². The van der Waals surface area contributed by atoms with Crippen LogP contribution < -0.4 is 5.73 Å². The summed E-state index contributed by atoms with van der Waals surface area (Å²) >= 11 is 0. The highest BCUT2D eigenvalue weighted by Gasteiger charge is 2.26. The fourth-order valence-electron chi connectivity index (χ4n) is 2.78. The van der Waals surface area contributed by atoms with E-state index in [2.05, 4.69) is 6.07 Å². The lowest BCUT2D eigenvalue weighted by molar-refractivity contribution is 0.0959. The van der Waals surface area contributed by atoms with Crippen molar-refractivity contribution in [2.75, 3.05) is 0 Å². The first-order valence-electron chi connectivity index (χ1n) is 7.21. The molecule has 2 nitrogen and oxygen atoms in total. The Bertz CT molecular complexity index is 602. The van der Waals surface area contributed by atoms with Crippen molar-refractivity contribution in [3.63, 3.8) is 0 Å². The molecule has 3 rings (SSSR count). The number of carbonyl (C=O) groups excluding carboxylic acids is 1. The number of ketones is 1. The van der Waals surface area contributed by atoms with Gasteiger partial charge in [-0.05, 0) is 29.9 Å². The van der Waals surface area contributed by atoms with Gasteiger partial charge < -0.3 is 5.73 Å². The summed E-state index contributed by atoms with van der Waals surface area (Å²) in [6, 6.07) is 16.9. The summed E-state index contributed by atoms with van der Waals surface area (Å²) in [5, 5.41) is 0. The first-order valence-corrected chi connectivity index (χ1v) is 7.21. The minimum absolute atomic E-state index is 0.0266. The number of benzene rings is 2. The molecule has 0 heterocycles. The van der Waals surface area contributed by atoms with Crippen LogP contribution in [0.1, 0.15) is 52.7 Å². The Balaban J connectivity index is 1.91. The van der Waals surface area contributed by atoms with Gasteiger partial charge >= 0.3 is 0 Å². The van der Waals surface area contributed by atoms with Crippen LogP contribution in [-0.2, 0) is 0 Å². The van der Waals surface area contributed by atoms with Gasteiger partial charge in [-0.1, -0.05) is 61.0 Å². The number of carbonyl (C=O) groups is 1. The maximum Gasteiger partial charge on any atom is 0.184 e. The first kappa shape index (κ1) is 13.1. The predicted octanol–water partition coefficient (Wildman–Crippen LogP) is 3.84. The molecule has 1 atom stereocenters. The van der Waals surface area contributed by atoms with E-state index in [9.17, 15) is 4.79 Å². The molecule has 0 aliphatic heterocycles. The minimum atomic E-state index is -0.572. The summed E-state index contributed by atoms with van der Waals surface area (Å²) < 4.78 is 0. The Morgan fingerprint density at radius 3 is 2.30 bits per heavy atom. The van der Waals surface area contributed by atoms with Gasteiger partial charge in [0, 0.05) is 5.56 Å². The summed E-state index contributed by atoms with van der Waals surface area (Å²) in [4.78, 5) is 12.7. The molecule has 1 saturated carbocycles. The topological polar surface area (TPSA) is 43.1 Å². The molecular formula is C18H19NO. The Kier molecular flexibility index (Phi) is 3.66. The van der Waals surface area contributed by atoms with Crippen molar-refractivity contribution in [1.29, 1.82) is 0 Å². The molecule has 0 bridgehead atoms. The second-order valence-corrected chi connectivity index (χ2v) is 5.47. The zero-order valence-corrected chi connectivity index (χ0v) is 11.5. The monoisotopic (exact) mass is 265 g/mol. The summed E-state index contributed by atoms with van der Waals surface area (Å²) in [6.45, 7) is 0. The molecule has 2 aromatic carbocycles. The minimum Gasteiger partial charge on any atom is -0.318 e. The number of nitrogens with two attached hydrogens (primary N) is 1. The maximum absolute atomic E-state index is 12.7. The van der Waals surface area contributed by atoms with Gasteiger partial charge in [-0.2, -0.15) is 0 Å². The fraction of sp³-hybridized carbons (Fsp3) is 0.278. The molecule has 1 aliphatic rings. The van der Waals surface area contributed by atoms with E-state index in [1.807, 2.05) is 48.5 Å². The standard InChI is InChI=1S/C18H19NO/c19-17(14-7-2-1-3-8-14)18(20)16-12-5-4-11-15(16)13-9-6-10-13/h1-5,7-8,11-13,17H,6,9-10,19H2/t17-/m1/s1. The fourth-order valence-corrected chi connectivity index (χ4v) is 2.78. The third-order valence-corrected chi connectivity index (χ3v) is 4.21. The molecule has 2 aromatic rings. The Hall–Kier alpha value is -1.93. The van der Waals surface area contributed by atoms with Crippen molar-refractivity contribution >= 4 is 5.78 Å². The SMILES string of the molecule is N[C@@H](C(=O)c1ccccc1C1CCC1)c1ccccc1. The Morgan fingerprint density at radius 2 is 1.65 bits per heavy atom. The van der Waals surface area contributed by atoms with Crippen molar-refractivity contribution < 1.29 is 4.79 Å². The molecule has 0 radical (unpaired) electrons. The van der Waals surface area contributed by atoms with E-state index in [0.717, 1.165) is 11.1 Å². The van der Waals surface area contributed by atoms with Crippen LogP contribution in [-0.4, -0.2) is 5.78 Å². The zero-order chi connectivity index (χ0) is 13.9. The van der Waals surface area contributed by atoms with Crippen LogP contribution in [0.15, 0.2) is 54.6 Å². The summed E-state index contributed by atoms with van der Waals surface area (Å²) in [5.74, 6) is 0.567. The zero-order valence-electron chi connectivity index (χ0n) is 11.5. The lowest BCUT2D eigenvalue weighted by atomic mass is 9.77. The van der Waals surface area contributed by atoms with Crippen molar-refractivity contribution in [3.8, 4) is 0 Å². The average molecular weight is 265 g/mol. The predicted molar refractivity (Wildman–Crippen MR) is 80.7 cm³/mol. The molecular weight excluding hydrogens is 246 g/mol. The first-order chi connectivity index (χ1) is 9.77. The van der Waals surface area contributed by atoms with Crippen LogP contribution in [0.2, 0.25) is 0 Å². The average Bonchev–Trinajstić information content (AvgIpc) is 2.45. The maximum atomic E-state index is 12.7. The van der Waals surface area contributed by atoms with Crippen molar-refractivity contribution in [2.45, 2.75) is 31.2 Å². The van der Waals surface area contributed by atoms with E-state index >= 15 is 0 Å². The van der Waals surface area contributed by atoms with E-state index in [1.165, 1.54) is 24.8 Å². The molecule has 0 saturated heterocycles. The highest BCUT2D eigenvalue weighted by Crippen LogP contribution is 2.38. The van der Waals surface area contributed by atoms with Crippen molar-refractivity contribution in [2.24, 2.45) is 5.73 Å². The number of rotatable bonds is 4. The summed E-state index contributed by atoms with van der Waals surface area (Å²) in [5.41, 5.74) is 9.00. The molecule has 1 aliphatic carbocycles. The van der Waals surface area contributed by atoms with Gasteiger partial charge in [0.25, 0.3) is 0 Å². The van der Waals surface area contributed by atoms with Gasteiger partial charge in [-0.15, -0.1) is 0 Å². The van der Waals surface area contributed by atoms with Gasteiger partial charge in [-0.25, -0.2) is 0 Å². The third kappa shape index (κ3) is 2.39. The molecule has 0 unspecified atom stereocenters. The van der Waals surface area contributed by atoms with Crippen LogP contribution in [0.3, 0.4) is 0 Å². The van der Waals surface area contributed by atoms with Crippen molar-refractivity contribution in [3.05, 3.63) is 71.3 Å². The summed E-state index contributed by atoms with van der Waals surface area (Å²) in [6.07, 6.45) is 3.63. The Morgan fingerprint density at radius 1 is 1.00 bits per heavy atom. The molecule has 20 heavy (non-hydrogen) atoms. The van der Waals surface area contributed by atoms with Gasteiger partial charge in [0.1, 0.15) is 0 Å². The second-order valence-electron chi connectivity index (χ2n) is 5.47. The number of hydrogen-bond donors (Lipinski definition) is 1. The molecule has 0 spiro atoms. The highest BCUT2D eigenvalue weighted by molar-refractivity contribution is 6.01. The molecule has 0 aromatic heterocycles. The Labute approximate surface area is 119 Å². The lowest BCUT2D eigenvalue weighted by Crippen LogP contribution is -2.24. The molecule has 0 amide bonds. The highest BCUT2D eigenvalue weighted by atomic mass is 16.1.